The van der Waals surface area contributed by atoms with Gasteiger partial charge in [-0.3, -0.25) is 19.4 Å². The van der Waals surface area contributed by atoms with Crippen molar-refractivity contribution in [1.29, 1.82) is 0 Å². The van der Waals surface area contributed by atoms with E-state index < -0.39 is 0 Å². The number of hydrogen-bond acceptors (Lipinski definition) is 5. The predicted octanol–water partition coefficient (Wildman–Crippen LogP) is 4.22. The molecule has 0 unspecified atom stereocenters. The highest BCUT2D eigenvalue weighted by atomic mass is 32.1. The third-order valence-corrected chi connectivity index (χ3v) is 7.01. The van der Waals surface area contributed by atoms with Crippen molar-refractivity contribution in [3.8, 4) is 0 Å². The molecule has 4 rings (SSSR count). The summed E-state index contributed by atoms with van der Waals surface area (Å²) in [6, 6.07) is 8.68. The number of nitrogens with one attached hydrogen (secondary N) is 1. The molecular formula is C23H30N4O2S. The number of para-hydroxylation sites is 1. The second-order valence-corrected chi connectivity index (χ2v) is 9.20. The smallest absolute Gasteiger partial charge is 0.230 e. The zero-order valence-electron chi connectivity index (χ0n) is 17.6. The number of amides is 2. The van der Waals surface area contributed by atoms with Crippen LogP contribution in [0.4, 0.5) is 10.8 Å². The summed E-state index contributed by atoms with van der Waals surface area (Å²) in [6.07, 6.45) is 8.17. The first-order chi connectivity index (χ1) is 14.6. The zero-order valence-corrected chi connectivity index (χ0v) is 18.4. The molecule has 0 bridgehead atoms. The van der Waals surface area contributed by atoms with Crippen LogP contribution in [0, 0.1) is 0 Å². The fourth-order valence-electron chi connectivity index (χ4n) is 4.41. The van der Waals surface area contributed by atoms with Gasteiger partial charge in [0.25, 0.3) is 0 Å². The fourth-order valence-corrected chi connectivity index (χ4v) is 5.28. The van der Waals surface area contributed by atoms with E-state index in [1.54, 1.807) is 4.90 Å². The van der Waals surface area contributed by atoms with Crippen molar-refractivity contribution in [2.75, 3.05) is 23.8 Å². The van der Waals surface area contributed by atoms with Gasteiger partial charge >= 0.3 is 0 Å². The lowest BCUT2D eigenvalue weighted by Gasteiger charge is -2.31. The average molecular weight is 427 g/mol. The van der Waals surface area contributed by atoms with Gasteiger partial charge in [0, 0.05) is 36.6 Å². The Balaban J connectivity index is 1.36. The SMILES string of the molecule is CN(Cc1ccccc1NC(=O)Cc1csc(N2CCCC2=O)n1)C1CCCCC1. The molecule has 1 saturated heterocycles. The van der Waals surface area contributed by atoms with Gasteiger partial charge in [-0.25, -0.2) is 4.98 Å². The molecule has 2 heterocycles. The first-order valence-electron chi connectivity index (χ1n) is 10.9. The van der Waals surface area contributed by atoms with E-state index in [0.29, 0.717) is 23.3 Å². The predicted molar refractivity (Wildman–Crippen MR) is 121 cm³/mol. The van der Waals surface area contributed by atoms with Crippen LogP contribution in [0.15, 0.2) is 29.6 Å². The Morgan fingerprint density at radius 1 is 1.23 bits per heavy atom. The third kappa shape index (κ3) is 5.08. The Morgan fingerprint density at radius 2 is 2.03 bits per heavy atom. The third-order valence-electron chi connectivity index (χ3n) is 6.09. The van der Waals surface area contributed by atoms with Crippen molar-refractivity contribution in [3.63, 3.8) is 0 Å². The van der Waals surface area contributed by atoms with Gasteiger partial charge in [0.05, 0.1) is 12.1 Å². The molecule has 0 atom stereocenters. The van der Waals surface area contributed by atoms with Gasteiger partial charge in [0.2, 0.25) is 11.8 Å². The molecule has 2 amide bonds. The van der Waals surface area contributed by atoms with Crippen LogP contribution in [0.2, 0.25) is 0 Å². The van der Waals surface area contributed by atoms with Crippen molar-refractivity contribution in [3.05, 3.63) is 40.9 Å². The van der Waals surface area contributed by atoms with E-state index >= 15 is 0 Å². The van der Waals surface area contributed by atoms with Crippen molar-refractivity contribution in [2.24, 2.45) is 0 Å². The lowest BCUT2D eigenvalue weighted by Crippen LogP contribution is -2.33. The molecule has 0 spiro atoms. The van der Waals surface area contributed by atoms with Crippen LogP contribution in [0.1, 0.15) is 56.2 Å². The van der Waals surface area contributed by atoms with Crippen LogP contribution in [-0.4, -0.2) is 41.3 Å². The van der Waals surface area contributed by atoms with Crippen LogP contribution < -0.4 is 10.2 Å². The first kappa shape index (κ1) is 21.0. The van der Waals surface area contributed by atoms with E-state index in [1.807, 2.05) is 23.6 Å². The summed E-state index contributed by atoms with van der Waals surface area (Å²) in [5.74, 6) is 0.0451. The summed E-state index contributed by atoms with van der Waals surface area (Å²) in [7, 11) is 2.19. The molecule has 1 aromatic carbocycles. The highest BCUT2D eigenvalue weighted by molar-refractivity contribution is 7.14. The van der Waals surface area contributed by atoms with Gasteiger partial charge in [-0.1, -0.05) is 37.5 Å². The van der Waals surface area contributed by atoms with Crippen LogP contribution in [0.5, 0.6) is 0 Å². The van der Waals surface area contributed by atoms with E-state index in [-0.39, 0.29) is 18.2 Å². The number of rotatable bonds is 7. The molecule has 1 aliphatic heterocycles. The maximum absolute atomic E-state index is 12.7. The Kier molecular flexibility index (Phi) is 6.79. The average Bonchev–Trinajstić information content (AvgIpc) is 3.38. The minimum Gasteiger partial charge on any atom is -0.325 e. The maximum atomic E-state index is 12.7. The number of aromatic nitrogens is 1. The normalized spacial score (nSPS) is 17.7. The van der Waals surface area contributed by atoms with Crippen LogP contribution >= 0.6 is 11.3 Å². The van der Waals surface area contributed by atoms with Crippen molar-refractivity contribution in [1.82, 2.24) is 9.88 Å². The molecule has 6 nitrogen and oxygen atoms in total. The molecule has 2 fully saturated rings. The minimum absolute atomic E-state index is 0.0765. The Hall–Kier alpha value is -2.25. The number of benzene rings is 1. The number of thiazole rings is 1. The second kappa shape index (κ2) is 9.71. The van der Waals surface area contributed by atoms with Gasteiger partial charge in [0.1, 0.15) is 0 Å². The maximum Gasteiger partial charge on any atom is 0.230 e. The number of nitrogens with zero attached hydrogens (tertiary/aromatic N) is 3. The van der Waals surface area contributed by atoms with E-state index in [2.05, 4.69) is 28.3 Å². The van der Waals surface area contributed by atoms with Crippen LogP contribution in [0.25, 0.3) is 0 Å². The van der Waals surface area contributed by atoms with Gasteiger partial charge in [0.15, 0.2) is 5.13 Å². The van der Waals surface area contributed by atoms with E-state index in [4.69, 9.17) is 0 Å². The number of carbonyl (C=O) groups excluding carboxylic acids is 2. The highest BCUT2D eigenvalue weighted by Crippen LogP contribution is 2.27. The lowest BCUT2D eigenvalue weighted by atomic mass is 9.94. The monoisotopic (exact) mass is 426 g/mol. The molecule has 160 valence electrons. The largest absolute Gasteiger partial charge is 0.325 e. The summed E-state index contributed by atoms with van der Waals surface area (Å²) in [5.41, 5.74) is 2.72. The molecule has 1 aromatic heterocycles. The highest BCUT2D eigenvalue weighted by Gasteiger charge is 2.24. The quantitative estimate of drug-likeness (QED) is 0.720. The van der Waals surface area contributed by atoms with E-state index in [0.717, 1.165) is 30.8 Å². The summed E-state index contributed by atoms with van der Waals surface area (Å²) in [5, 5.41) is 5.66. The topological polar surface area (TPSA) is 65.5 Å². The van der Waals surface area contributed by atoms with Gasteiger partial charge in [-0.05, 0) is 37.9 Å². The van der Waals surface area contributed by atoms with Gasteiger partial charge in [-0.2, -0.15) is 0 Å². The molecule has 30 heavy (non-hydrogen) atoms. The molecule has 0 radical (unpaired) electrons. The Bertz CT molecular complexity index is 891. The zero-order chi connectivity index (χ0) is 20.9. The number of anilines is 2. The number of hydrogen-bond donors (Lipinski definition) is 1. The van der Waals surface area contributed by atoms with Crippen molar-refractivity contribution in [2.45, 2.75) is 64.0 Å². The Morgan fingerprint density at radius 3 is 2.80 bits per heavy atom. The van der Waals surface area contributed by atoms with Crippen molar-refractivity contribution >= 4 is 34.0 Å². The van der Waals surface area contributed by atoms with Crippen LogP contribution in [-0.2, 0) is 22.6 Å². The first-order valence-corrected chi connectivity index (χ1v) is 11.8. The van der Waals surface area contributed by atoms with E-state index in [9.17, 15) is 9.59 Å². The molecule has 1 saturated carbocycles. The molecule has 1 N–H and O–H groups in total. The standard InChI is InChI=1S/C23H30N4O2S/c1-26(19-9-3-2-4-10-19)15-17-8-5-6-11-20(17)25-21(28)14-18-16-30-23(24-18)27-13-7-12-22(27)29/h5-6,8,11,16,19H,2-4,7,9-10,12-15H2,1H3,(H,25,28). The number of carbonyl (C=O) groups is 2. The molecule has 2 aliphatic rings. The Labute approximate surface area is 182 Å². The summed E-state index contributed by atoms with van der Waals surface area (Å²) in [6.45, 7) is 1.55. The molecule has 7 heteroatoms. The lowest BCUT2D eigenvalue weighted by molar-refractivity contribution is -0.117. The van der Waals surface area contributed by atoms with Crippen molar-refractivity contribution < 1.29 is 9.59 Å². The summed E-state index contributed by atoms with van der Waals surface area (Å²) >= 11 is 1.43. The minimum atomic E-state index is -0.0765. The summed E-state index contributed by atoms with van der Waals surface area (Å²) in [4.78, 5) is 33.2. The molecule has 1 aliphatic carbocycles. The molecule has 2 aromatic rings. The fraction of sp³-hybridized carbons (Fsp3) is 0.522. The van der Waals surface area contributed by atoms with Gasteiger partial charge < -0.3 is 5.32 Å². The van der Waals surface area contributed by atoms with Crippen LogP contribution in [0.3, 0.4) is 0 Å². The van der Waals surface area contributed by atoms with Gasteiger partial charge in [-0.15, -0.1) is 11.3 Å². The second-order valence-electron chi connectivity index (χ2n) is 8.36. The molecular weight excluding hydrogens is 396 g/mol. The van der Waals surface area contributed by atoms with E-state index in [1.165, 1.54) is 43.4 Å². The summed E-state index contributed by atoms with van der Waals surface area (Å²) < 4.78 is 0.